The first-order valence-corrected chi connectivity index (χ1v) is 7.23. The van der Waals surface area contributed by atoms with E-state index in [2.05, 4.69) is 15.3 Å². The number of H-pyrrole nitrogens is 1. The topological polar surface area (TPSA) is 67.0 Å². The first-order valence-electron chi connectivity index (χ1n) is 7.23. The molecule has 0 unspecified atom stereocenters. The third-order valence-electron chi connectivity index (χ3n) is 2.95. The zero-order valence-corrected chi connectivity index (χ0v) is 13.5. The molecule has 0 saturated carbocycles. The number of imidazole rings is 1. The van der Waals surface area contributed by atoms with E-state index in [1.165, 1.54) is 18.3 Å². The minimum Gasteiger partial charge on any atom is -0.444 e. The van der Waals surface area contributed by atoms with Crippen molar-refractivity contribution in [2.75, 3.05) is 0 Å². The zero-order valence-electron chi connectivity index (χ0n) is 13.5. The molecule has 2 N–H and O–H groups in total. The largest absolute Gasteiger partial charge is 0.444 e. The van der Waals surface area contributed by atoms with Crippen LogP contribution in [0.15, 0.2) is 30.5 Å². The highest BCUT2D eigenvalue weighted by atomic mass is 19.4. The molecule has 2 rings (SSSR count). The first kappa shape index (κ1) is 17.8. The molecular weight excluding hydrogens is 323 g/mol. The number of nitrogens with one attached hydrogen (secondary N) is 2. The number of halogens is 3. The first-order chi connectivity index (χ1) is 11.0. The summed E-state index contributed by atoms with van der Waals surface area (Å²) in [6.07, 6.45) is -3.45. The highest BCUT2D eigenvalue weighted by molar-refractivity contribution is 5.67. The SMILES string of the molecule is CC(C)(C)OC(=O)NCc1ncc(-c2ccc(C(F)(F)F)cc2)[nH]1. The molecule has 8 heteroatoms. The molecule has 24 heavy (non-hydrogen) atoms. The van der Waals surface area contributed by atoms with Crippen LogP contribution in [0.3, 0.4) is 0 Å². The molecule has 0 bridgehead atoms. The number of hydrogen-bond donors (Lipinski definition) is 2. The fraction of sp³-hybridized carbons (Fsp3) is 0.375. The normalized spacial score (nSPS) is 12.1. The van der Waals surface area contributed by atoms with Crippen LogP contribution in [0.4, 0.5) is 18.0 Å². The third-order valence-corrected chi connectivity index (χ3v) is 2.95. The van der Waals surface area contributed by atoms with E-state index >= 15 is 0 Å². The summed E-state index contributed by atoms with van der Waals surface area (Å²) in [5.74, 6) is 0.468. The lowest BCUT2D eigenvalue weighted by molar-refractivity contribution is -0.137. The zero-order chi connectivity index (χ0) is 18.0. The van der Waals surface area contributed by atoms with Gasteiger partial charge in [0.2, 0.25) is 0 Å². The Kier molecular flexibility index (Phi) is 4.86. The molecule has 1 aromatic heterocycles. The summed E-state index contributed by atoms with van der Waals surface area (Å²) in [5, 5.41) is 2.55. The molecule has 0 saturated heterocycles. The van der Waals surface area contributed by atoms with Crippen LogP contribution in [0.2, 0.25) is 0 Å². The molecule has 0 spiro atoms. The maximum Gasteiger partial charge on any atom is 0.416 e. The van der Waals surface area contributed by atoms with Crippen molar-refractivity contribution in [3.63, 3.8) is 0 Å². The summed E-state index contributed by atoms with van der Waals surface area (Å²) >= 11 is 0. The van der Waals surface area contributed by atoms with Crippen LogP contribution < -0.4 is 5.32 Å². The van der Waals surface area contributed by atoms with Gasteiger partial charge in [0.1, 0.15) is 11.4 Å². The van der Waals surface area contributed by atoms with Crippen molar-refractivity contribution in [1.29, 1.82) is 0 Å². The average molecular weight is 341 g/mol. The van der Waals surface area contributed by atoms with Gasteiger partial charge in [-0.05, 0) is 38.5 Å². The second kappa shape index (κ2) is 6.54. The monoisotopic (exact) mass is 341 g/mol. The van der Waals surface area contributed by atoms with Gasteiger partial charge in [-0.1, -0.05) is 12.1 Å². The van der Waals surface area contributed by atoms with Gasteiger partial charge in [-0.2, -0.15) is 13.2 Å². The van der Waals surface area contributed by atoms with Crippen molar-refractivity contribution in [1.82, 2.24) is 15.3 Å². The predicted octanol–water partition coefficient (Wildman–Crippen LogP) is 4.12. The Morgan fingerprint density at radius 1 is 1.21 bits per heavy atom. The minimum atomic E-state index is -4.37. The quantitative estimate of drug-likeness (QED) is 0.882. The number of hydrogen-bond acceptors (Lipinski definition) is 3. The number of aromatic amines is 1. The second-order valence-corrected chi connectivity index (χ2v) is 6.17. The van der Waals surface area contributed by atoms with Gasteiger partial charge in [-0.3, -0.25) is 0 Å². The van der Waals surface area contributed by atoms with E-state index in [-0.39, 0.29) is 6.54 Å². The number of aromatic nitrogens is 2. The van der Waals surface area contributed by atoms with Crippen LogP contribution in [-0.2, 0) is 17.5 Å². The van der Waals surface area contributed by atoms with Gasteiger partial charge in [0.15, 0.2) is 0 Å². The summed E-state index contributed by atoms with van der Waals surface area (Å²) < 4.78 is 42.7. The van der Waals surface area contributed by atoms with E-state index in [9.17, 15) is 18.0 Å². The lowest BCUT2D eigenvalue weighted by Gasteiger charge is -2.19. The Morgan fingerprint density at radius 3 is 2.38 bits per heavy atom. The molecule has 0 aliphatic rings. The maximum atomic E-state index is 12.5. The predicted molar refractivity (Wildman–Crippen MR) is 82.1 cm³/mol. The van der Waals surface area contributed by atoms with Crippen molar-refractivity contribution in [3.8, 4) is 11.3 Å². The number of benzene rings is 1. The van der Waals surface area contributed by atoms with Gasteiger partial charge in [0, 0.05) is 0 Å². The lowest BCUT2D eigenvalue weighted by Crippen LogP contribution is -2.32. The fourth-order valence-electron chi connectivity index (χ4n) is 1.91. The van der Waals surface area contributed by atoms with Crippen LogP contribution in [0.5, 0.6) is 0 Å². The van der Waals surface area contributed by atoms with Gasteiger partial charge in [-0.25, -0.2) is 9.78 Å². The average Bonchev–Trinajstić information content (AvgIpc) is 2.91. The number of rotatable bonds is 3. The molecule has 0 aliphatic carbocycles. The molecule has 1 amide bonds. The molecule has 0 atom stereocenters. The van der Waals surface area contributed by atoms with Crippen molar-refractivity contribution in [2.45, 2.75) is 39.1 Å². The smallest absolute Gasteiger partial charge is 0.416 e. The Morgan fingerprint density at radius 2 is 1.83 bits per heavy atom. The van der Waals surface area contributed by atoms with Gasteiger partial charge < -0.3 is 15.0 Å². The Hall–Kier alpha value is -2.51. The number of alkyl halides is 3. The number of alkyl carbamates (subject to hydrolysis) is 1. The van der Waals surface area contributed by atoms with E-state index in [0.717, 1.165) is 12.1 Å². The molecular formula is C16H18F3N3O2. The Bertz CT molecular complexity index is 701. The van der Waals surface area contributed by atoms with Crippen molar-refractivity contribution in [3.05, 3.63) is 41.9 Å². The molecule has 0 radical (unpaired) electrons. The van der Waals surface area contributed by atoms with Crippen molar-refractivity contribution in [2.24, 2.45) is 0 Å². The third kappa shape index (κ3) is 5.00. The highest BCUT2D eigenvalue weighted by Crippen LogP contribution is 2.30. The number of ether oxygens (including phenoxy) is 1. The fourth-order valence-corrected chi connectivity index (χ4v) is 1.91. The number of carbonyl (C=O) groups is 1. The highest BCUT2D eigenvalue weighted by Gasteiger charge is 2.30. The molecule has 1 aromatic carbocycles. The van der Waals surface area contributed by atoms with Gasteiger partial charge >= 0.3 is 12.3 Å². The summed E-state index contributed by atoms with van der Waals surface area (Å²) in [6, 6.07) is 4.74. The second-order valence-electron chi connectivity index (χ2n) is 6.17. The van der Waals surface area contributed by atoms with Crippen LogP contribution in [-0.4, -0.2) is 21.7 Å². The number of amides is 1. The van der Waals surface area contributed by atoms with Crippen molar-refractivity contribution < 1.29 is 22.7 Å². The number of nitrogens with zero attached hydrogens (tertiary/aromatic N) is 1. The van der Waals surface area contributed by atoms with Crippen LogP contribution in [0, 0.1) is 0 Å². The van der Waals surface area contributed by atoms with E-state index in [0.29, 0.717) is 17.1 Å². The van der Waals surface area contributed by atoms with E-state index in [1.54, 1.807) is 20.8 Å². The van der Waals surface area contributed by atoms with Crippen LogP contribution in [0.1, 0.15) is 32.2 Å². The molecule has 1 heterocycles. The summed E-state index contributed by atoms with van der Waals surface area (Å²) in [4.78, 5) is 18.6. The van der Waals surface area contributed by atoms with Crippen molar-refractivity contribution >= 4 is 6.09 Å². The van der Waals surface area contributed by atoms with E-state index < -0.39 is 23.4 Å². The standard InChI is InChI=1S/C16H18F3N3O2/c1-15(2,3)24-14(23)21-9-13-20-8-12(22-13)10-4-6-11(7-5-10)16(17,18)19/h4-8H,9H2,1-3H3,(H,20,22)(H,21,23). The summed E-state index contributed by atoms with van der Waals surface area (Å²) in [5.41, 5.74) is -0.181. The van der Waals surface area contributed by atoms with E-state index in [1.807, 2.05) is 0 Å². The Balaban J connectivity index is 1.99. The van der Waals surface area contributed by atoms with E-state index in [4.69, 9.17) is 4.74 Å². The lowest BCUT2D eigenvalue weighted by atomic mass is 10.1. The molecule has 130 valence electrons. The van der Waals surface area contributed by atoms with Gasteiger partial charge in [0.25, 0.3) is 0 Å². The molecule has 5 nitrogen and oxygen atoms in total. The Labute approximate surface area is 137 Å². The van der Waals surface area contributed by atoms with Crippen LogP contribution in [0.25, 0.3) is 11.3 Å². The maximum absolute atomic E-state index is 12.5. The van der Waals surface area contributed by atoms with Gasteiger partial charge in [-0.15, -0.1) is 0 Å². The molecule has 2 aromatic rings. The summed E-state index contributed by atoms with van der Waals surface area (Å²) in [7, 11) is 0. The minimum absolute atomic E-state index is 0.121. The number of carbonyl (C=O) groups excluding carboxylic acids is 1. The summed E-state index contributed by atoms with van der Waals surface area (Å²) in [6.45, 7) is 5.38. The van der Waals surface area contributed by atoms with Gasteiger partial charge in [0.05, 0.1) is 24.0 Å². The van der Waals surface area contributed by atoms with Crippen LogP contribution >= 0.6 is 0 Å². The molecule has 0 fully saturated rings. The molecule has 0 aliphatic heterocycles.